The molecule has 0 aliphatic heterocycles. The van der Waals surface area contributed by atoms with Crippen LogP contribution in [0.5, 0.6) is 0 Å². The van der Waals surface area contributed by atoms with Crippen LogP contribution in [-0.2, 0) is 0 Å². The summed E-state index contributed by atoms with van der Waals surface area (Å²) >= 11 is 3.79. The molecule has 0 saturated carbocycles. The fraction of sp³-hybridized carbons (Fsp3) is 0.273. The van der Waals surface area contributed by atoms with Crippen LogP contribution in [0.3, 0.4) is 0 Å². The van der Waals surface area contributed by atoms with Crippen molar-refractivity contribution in [1.82, 2.24) is 0 Å². The van der Waals surface area contributed by atoms with E-state index in [-0.39, 0.29) is 0 Å². The van der Waals surface area contributed by atoms with Crippen molar-refractivity contribution < 1.29 is 5.11 Å². The zero-order chi connectivity index (χ0) is 10.6. The van der Waals surface area contributed by atoms with Crippen molar-refractivity contribution in [2.24, 2.45) is 0 Å². The van der Waals surface area contributed by atoms with Gasteiger partial charge in [-0.2, -0.15) is 0 Å². The first kappa shape index (κ1) is 12.1. The highest BCUT2D eigenvalue weighted by molar-refractivity contribution is 14.1. The van der Waals surface area contributed by atoms with Crippen molar-refractivity contribution in [1.29, 1.82) is 0 Å². The van der Waals surface area contributed by atoms with Gasteiger partial charge in [-0.15, -0.1) is 0 Å². The van der Waals surface area contributed by atoms with Crippen LogP contribution < -0.4 is 0 Å². The van der Waals surface area contributed by atoms with Crippen molar-refractivity contribution in [3.05, 3.63) is 39.3 Å². The molecule has 1 rings (SSSR count). The zero-order valence-corrected chi connectivity index (χ0v) is 11.2. The number of halogens is 1. The van der Waals surface area contributed by atoms with Crippen LogP contribution in [0.1, 0.15) is 13.8 Å². The first-order valence-corrected chi connectivity index (χ1v) is 6.26. The monoisotopic (exact) mass is 320 g/mol. The molecule has 0 aliphatic rings. The number of aliphatic hydroxyl groups is 1. The van der Waals surface area contributed by atoms with E-state index in [1.165, 1.54) is 4.90 Å². The van der Waals surface area contributed by atoms with Gasteiger partial charge >= 0.3 is 0 Å². The van der Waals surface area contributed by atoms with Gasteiger partial charge in [0.05, 0.1) is 5.60 Å². The molecule has 0 atom stereocenters. The third-order valence-electron chi connectivity index (χ3n) is 1.63. The van der Waals surface area contributed by atoms with E-state index in [4.69, 9.17) is 0 Å². The van der Waals surface area contributed by atoms with Gasteiger partial charge < -0.3 is 5.11 Å². The summed E-state index contributed by atoms with van der Waals surface area (Å²) in [4.78, 5) is 1.19. The predicted octanol–water partition coefficient (Wildman–Crippen LogP) is 3.83. The summed E-state index contributed by atoms with van der Waals surface area (Å²) in [6.45, 7) is 3.58. The first-order chi connectivity index (χ1) is 6.50. The van der Waals surface area contributed by atoms with E-state index in [1.807, 2.05) is 23.6 Å². The fourth-order valence-corrected chi connectivity index (χ4v) is 1.99. The molecule has 0 bridgehead atoms. The molecule has 1 N–H and O–H groups in total. The molecular formula is C11H13IOS. The van der Waals surface area contributed by atoms with Crippen LogP contribution in [-0.4, -0.2) is 10.7 Å². The van der Waals surface area contributed by atoms with E-state index in [9.17, 15) is 5.11 Å². The van der Waals surface area contributed by atoms with Gasteiger partial charge in [0.25, 0.3) is 0 Å². The largest absolute Gasteiger partial charge is 0.385 e. The maximum absolute atomic E-state index is 9.68. The zero-order valence-electron chi connectivity index (χ0n) is 8.20. The molecule has 3 heteroatoms. The summed E-state index contributed by atoms with van der Waals surface area (Å²) in [5.41, 5.74) is -0.734. The molecule has 1 aromatic rings. The Labute approximate surface area is 103 Å². The van der Waals surface area contributed by atoms with E-state index in [0.717, 1.165) is 3.58 Å². The predicted molar refractivity (Wildman–Crippen MR) is 70.7 cm³/mol. The van der Waals surface area contributed by atoms with Crippen LogP contribution in [0, 0.1) is 0 Å². The van der Waals surface area contributed by atoms with Gasteiger partial charge in [-0.05, 0) is 54.0 Å². The molecule has 1 nitrogen and oxygen atoms in total. The molecular weight excluding hydrogens is 307 g/mol. The smallest absolute Gasteiger partial charge is 0.0902 e. The summed E-state index contributed by atoms with van der Waals surface area (Å²) < 4.78 is 0.948. The highest BCUT2D eigenvalue weighted by atomic mass is 127. The van der Waals surface area contributed by atoms with Crippen molar-refractivity contribution in [2.45, 2.75) is 24.3 Å². The van der Waals surface area contributed by atoms with E-state index in [1.54, 1.807) is 25.6 Å². The summed E-state index contributed by atoms with van der Waals surface area (Å²) in [5.74, 6) is 0. The van der Waals surface area contributed by atoms with Crippen molar-refractivity contribution in [3.63, 3.8) is 0 Å². The molecule has 0 fully saturated rings. The Bertz CT molecular complexity index is 314. The normalized spacial score (nSPS) is 13.0. The van der Waals surface area contributed by atoms with Gasteiger partial charge in [0.15, 0.2) is 0 Å². The quantitative estimate of drug-likeness (QED) is 0.675. The number of hydrogen-bond donors (Lipinski definition) is 1. The first-order valence-electron chi connectivity index (χ1n) is 4.30. The minimum Gasteiger partial charge on any atom is -0.385 e. The van der Waals surface area contributed by atoms with Crippen LogP contribution in [0.25, 0.3) is 0 Å². The maximum Gasteiger partial charge on any atom is 0.0902 e. The standard InChI is InChI=1S/C11H13IOS/c1-11(2,13)10(12)8-14-9-6-4-3-5-7-9/h3-8,13H,1-2H3/b10-8-. The van der Waals surface area contributed by atoms with E-state index in [2.05, 4.69) is 34.7 Å². The SMILES string of the molecule is CC(C)(O)/C(I)=C/Sc1ccccc1. The summed E-state index contributed by atoms with van der Waals surface area (Å²) in [7, 11) is 0. The third kappa shape index (κ3) is 4.02. The second-order valence-corrected chi connectivity index (χ2v) is 5.56. The lowest BCUT2D eigenvalue weighted by atomic mass is 10.1. The van der Waals surface area contributed by atoms with E-state index < -0.39 is 5.60 Å². The van der Waals surface area contributed by atoms with Gasteiger partial charge in [0, 0.05) is 8.48 Å². The third-order valence-corrected chi connectivity index (χ3v) is 4.58. The highest BCUT2D eigenvalue weighted by Crippen LogP contribution is 2.28. The molecule has 0 amide bonds. The number of rotatable bonds is 3. The van der Waals surface area contributed by atoms with E-state index in [0.29, 0.717) is 0 Å². The van der Waals surface area contributed by atoms with Crippen LogP contribution >= 0.6 is 34.4 Å². The molecule has 0 saturated heterocycles. The lowest BCUT2D eigenvalue weighted by Crippen LogP contribution is -2.17. The Balaban J connectivity index is 2.65. The molecule has 14 heavy (non-hydrogen) atoms. The minimum atomic E-state index is -0.734. The van der Waals surface area contributed by atoms with Crippen molar-refractivity contribution in [3.8, 4) is 0 Å². The summed E-state index contributed by atoms with van der Waals surface area (Å²) in [5, 5.41) is 11.7. The number of benzene rings is 1. The fourth-order valence-electron chi connectivity index (χ4n) is 0.763. The maximum atomic E-state index is 9.68. The molecule has 0 aromatic heterocycles. The Morgan fingerprint density at radius 3 is 2.43 bits per heavy atom. The van der Waals surface area contributed by atoms with E-state index >= 15 is 0 Å². The Morgan fingerprint density at radius 2 is 1.93 bits per heavy atom. The van der Waals surface area contributed by atoms with Gasteiger partial charge in [0.1, 0.15) is 0 Å². The molecule has 0 spiro atoms. The van der Waals surface area contributed by atoms with Gasteiger partial charge in [-0.3, -0.25) is 0 Å². The molecule has 0 unspecified atom stereocenters. The average Bonchev–Trinajstić information content (AvgIpc) is 2.14. The number of thioether (sulfide) groups is 1. The summed E-state index contributed by atoms with van der Waals surface area (Å²) in [6.07, 6.45) is 0. The van der Waals surface area contributed by atoms with Gasteiger partial charge in [-0.25, -0.2) is 0 Å². The lowest BCUT2D eigenvalue weighted by Gasteiger charge is -2.15. The lowest BCUT2D eigenvalue weighted by molar-refractivity contribution is 0.131. The topological polar surface area (TPSA) is 20.2 Å². The average molecular weight is 320 g/mol. The Morgan fingerprint density at radius 1 is 1.36 bits per heavy atom. The van der Waals surface area contributed by atoms with Crippen molar-refractivity contribution in [2.75, 3.05) is 0 Å². The van der Waals surface area contributed by atoms with Gasteiger partial charge in [-0.1, -0.05) is 30.0 Å². The highest BCUT2D eigenvalue weighted by Gasteiger charge is 2.15. The van der Waals surface area contributed by atoms with Crippen LogP contribution in [0.4, 0.5) is 0 Å². The Kier molecular flexibility index (Phi) is 4.47. The molecule has 0 aliphatic carbocycles. The van der Waals surface area contributed by atoms with Crippen LogP contribution in [0.15, 0.2) is 44.2 Å². The number of hydrogen-bond acceptors (Lipinski definition) is 2. The molecule has 0 heterocycles. The summed E-state index contributed by atoms with van der Waals surface area (Å²) in [6, 6.07) is 10.1. The second kappa shape index (κ2) is 5.19. The van der Waals surface area contributed by atoms with Crippen LogP contribution in [0.2, 0.25) is 0 Å². The van der Waals surface area contributed by atoms with Gasteiger partial charge in [0.2, 0.25) is 0 Å². The molecule has 0 radical (unpaired) electrons. The molecule has 76 valence electrons. The minimum absolute atomic E-state index is 0.734. The Hall–Kier alpha value is -0.000000000000000111. The molecule has 1 aromatic carbocycles. The van der Waals surface area contributed by atoms with Crippen molar-refractivity contribution >= 4 is 34.4 Å². The second-order valence-electron chi connectivity index (χ2n) is 3.46.